The predicted octanol–water partition coefficient (Wildman–Crippen LogP) is 4.91. The fourth-order valence-electron chi connectivity index (χ4n) is 4.57. The molecule has 1 atom stereocenters. The van der Waals surface area contributed by atoms with Crippen LogP contribution in [0, 0.1) is 0 Å². The van der Waals surface area contributed by atoms with E-state index in [1.165, 1.54) is 25.2 Å². The average Bonchev–Trinajstić information content (AvgIpc) is 3.16. The Bertz CT molecular complexity index is 1160. The molecule has 0 bridgehead atoms. The Morgan fingerprint density at radius 1 is 1.03 bits per heavy atom. The van der Waals surface area contributed by atoms with Crippen LogP contribution in [0.2, 0.25) is 5.02 Å². The summed E-state index contributed by atoms with van der Waals surface area (Å²) in [6.07, 6.45) is 0.659. The Morgan fingerprint density at radius 3 is 2.32 bits per heavy atom. The number of hydrogen-bond donors (Lipinski definition) is 1. The second-order valence-corrected chi connectivity index (χ2v) is 8.97. The molecule has 8 nitrogen and oxygen atoms in total. The van der Waals surface area contributed by atoms with Gasteiger partial charge in [0.15, 0.2) is 0 Å². The summed E-state index contributed by atoms with van der Waals surface area (Å²) in [5.74, 6) is -0.285. The van der Waals surface area contributed by atoms with Gasteiger partial charge in [-0.3, -0.25) is 9.59 Å². The molecule has 1 saturated heterocycles. The van der Waals surface area contributed by atoms with Gasteiger partial charge in [-0.25, -0.2) is 0 Å². The number of aliphatic hydroxyl groups excluding tert-OH is 1. The minimum atomic E-state index is -0.868. The van der Waals surface area contributed by atoms with E-state index in [9.17, 15) is 14.7 Å². The Labute approximate surface area is 223 Å². The lowest BCUT2D eigenvalue weighted by molar-refractivity contribution is -0.140. The molecule has 37 heavy (non-hydrogen) atoms. The Hall–Kier alpha value is -3.23. The first-order chi connectivity index (χ1) is 17.8. The van der Waals surface area contributed by atoms with Crippen LogP contribution in [-0.2, 0) is 9.59 Å². The van der Waals surface area contributed by atoms with E-state index in [0.29, 0.717) is 47.9 Å². The van der Waals surface area contributed by atoms with Crippen LogP contribution in [0.3, 0.4) is 0 Å². The summed E-state index contributed by atoms with van der Waals surface area (Å²) in [5, 5.41) is 11.7. The molecule has 0 unspecified atom stereocenters. The highest BCUT2D eigenvalue weighted by atomic mass is 35.5. The number of hydrogen-bond acceptors (Lipinski definition) is 7. The molecule has 0 aromatic heterocycles. The average molecular weight is 531 g/mol. The Kier molecular flexibility index (Phi) is 9.83. The topological polar surface area (TPSA) is 88.5 Å². The van der Waals surface area contributed by atoms with Crippen LogP contribution in [0.4, 0.5) is 0 Å². The van der Waals surface area contributed by atoms with Gasteiger partial charge >= 0.3 is 0 Å². The van der Waals surface area contributed by atoms with Crippen molar-refractivity contribution >= 4 is 29.1 Å². The van der Waals surface area contributed by atoms with Gasteiger partial charge in [0.2, 0.25) is 0 Å². The summed E-state index contributed by atoms with van der Waals surface area (Å²) in [6.45, 7) is 9.31. The standard InChI is InChI=1S/C28H35ClN2O6/c1-6-30(7-2)14-9-15-31-25(20-17-19(35-4)11-13-22(20)36-5)24(27(33)28(31)34)26(32)18-10-12-23(37-8-3)21(29)16-18/h10-13,16-17,25,32H,6-9,14-15H2,1-5H3/t25-/m1/s1. The van der Waals surface area contributed by atoms with Crippen molar-refractivity contribution in [2.45, 2.75) is 33.2 Å². The summed E-state index contributed by atoms with van der Waals surface area (Å²) in [7, 11) is 3.05. The first-order valence-corrected chi connectivity index (χ1v) is 12.8. The van der Waals surface area contributed by atoms with E-state index in [1.54, 1.807) is 30.3 Å². The van der Waals surface area contributed by atoms with Crippen molar-refractivity contribution < 1.29 is 28.9 Å². The molecule has 0 saturated carbocycles. The number of carbonyl (C=O) groups excluding carboxylic acids is 2. The molecule has 1 aliphatic rings. The predicted molar refractivity (Wildman–Crippen MR) is 144 cm³/mol. The number of aliphatic hydroxyl groups is 1. The van der Waals surface area contributed by atoms with Crippen molar-refractivity contribution in [1.82, 2.24) is 9.80 Å². The van der Waals surface area contributed by atoms with E-state index in [0.717, 1.165) is 19.6 Å². The zero-order chi connectivity index (χ0) is 27.1. The van der Waals surface area contributed by atoms with Crippen molar-refractivity contribution in [1.29, 1.82) is 0 Å². The molecular formula is C28H35ClN2O6. The number of rotatable bonds is 12. The zero-order valence-electron chi connectivity index (χ0n) is 22.0. The smallest absolute Gasteiger partial charge is 0.295 e. The molecule has 1 N–H and O–H groups in total. The number of carbonyl (C=O) groups is 2. The van der Waals surface area contributed by atoms with Crippen molar-refractivity contribution in [3.8, 4) is 17.2 Å². The van der Waals surface area contributed by atoms with Crippen molar-refractivity contribution in [2.24, 2.45) is 0 Å². The van der Waals surface area contributed by atoms with Gasteiger partial charge in [0.05, 0.1) is 37.5 Å². The number of nitrogens with zero attached hydrogens (tertiary/aromatic N) is 2. The van der Waals surface area contributed by atoms with Crippen molar-refractivity contribution in [2.75, 3.05) is 47.0 Å². The van der Waals surface area contributed by atoms with Crippen LogP contribution >= 0.6 is 11.6 Å². The largest absolute Gasteiger partial charge is 0.507 e. The van der Waals surface area contributed by atoms with Gasteiger partial charge in [0, 0.05) is 17.7 Å². The fourth-order valence-corrected chi connectivity index (χ4v) is 4.80. The molecular weight excluding hydrogens is 496 g/mol. The third kappa shape index (κ3) is 6.02. The van der Waals surface area contributed by atoms with Gasteiger partial charge in [0.25, 0.3) is 11.7 Å². The maximum Gasteiger partial charge on any atom is 0.295 e. The second-order valence-electron chi connectivity index (χ2n) is 8.56. The molecule has 1 fully saturated rings. The van der Waals surface area contributed by atoms with Crippen LogP contribution in [0.5, 0.6) is 17.2 Å². The fraction of sp³-hybridized carbons (Fsp3) is 0.429. The Morgan fingerprint density at radius 2 is 1.73 bits per heavy atom. The third-order valence-electron chi connectivity index (χ3n) is 6.54. The highest BCUT2D eigenvalue weighted by molar-refractivity contribution is 6.46. The number of methoxy groups -OCH3 is 2. The zero-order valence-corrected chi connectivity index (χ0v) is 22.8. The maximum absolute atomic E-state index is 13.4. The van der Waals surface area contributed by atoms with Crippen molar-refractivity contribution in [3.05, 3.63) is 58.1 Å². The van der Waals surface area contributed by atoms with E-state index < -0.39 is 17.7 Å². The molecule has 2 aromatic rings. The number of ether oxygens (including phenoxy) is 3. The lowest BCUT2D eigenvalue weighted by Crippen LogP contribution is -2.33. The Balaban J connectivity index is 2.14. The van der Waals surface area contributed by atoms with Crippen LogP contribution in [0.25, 0.3) is 5.76 Å². The second kappa shape index (κ2) is 12.8. The monoisotopic (exact) mass is 530 g/mol. The highest BCUT2D eigenvalue weighted by Crippen LogP contribution is 2.44. The number of halogens is 1. The van der Waals surface area contributed by atoms with Crippen molar-refractivity contribution in [3.63, 3.8) is 0 Å². The third-order valence-corrected chi connectivity index (χ3v) is 6.84. The minimum Gasteiger partial charge on any atom is -0.507 e. The molecule has 1 heterocycles. The van der Waals surface area contributed by atoms with Gasteiger partial charge < -0.3 is 29.1 Å². The van der Waals surface area contributed by atoms with Crippen LogP contribution in [0.15, 0.2) is 42.0 Å². The summed E-state index contributed by atoms with van der Waals surface area (Å²) >= 11 is 6.36. The van der Waals surface area contributed by atoms with Gasteiger partial charge in [-0.2, -0.15) is 0 Å². The molecule has 3 rings (SSSR count). The molecule has 2 aromatic carbocycles. The van der Waals surface area contributed by atoms with Crippen LogP contribution in [-0.4, -0.2) is 73.6 Å². The molecule has 1 amide bonds. The molecule has 0 spiro atoms. The van der Waals surface area contributed by atoms with Crippen LogP contribution < -0.4 is 14.2 Å². The van der Waals surface area contributed by atoms with E-state index in [-0.39, 0.29) is 16.4 Å². The van der Waals surface area contributed by atoms with Gasteiger partial charge in [-0.15, -0.1) is 0 Å². The first kappa shape index (κ1) is 28.3. The quantitative estimate of drug-likeness (QED) is 0.237. The summed E-state index contributed by atoms with van der Waals surface area (Å²) in [4.78, 5) is 30.4. The maximum atomic E-state index is 13.4. The number of ketones is 1. The van der Waals surface area contributed by atoms with Crippen LogP contribution in [0.1, 0.15) is 44.4 Å². The molecule has 9 heteroatoms. The SMILES string of the molecule is CCOc1ccc(C(O)=C2C(=O)C(=O)N(CCCN(CC)CC)[C@@H]2c2cc(OC)ccc2OC)cc1Cl. The van der Waals surface area contributed by atoms with Gasteiger partial charge in [-0.1, -0.05) is 25.4 Å². The minimum absolute atomic E-state index is 0.0281. The van der Waals surface area contributed by atoms with Gasteiger partial charge in [-0.05, 0) is 69.4 Å². The summed E-state index contributed by atoms with van der Waals surface area (Å²) < 4.78 is 16.5. The molecule has 0 radical (unpaired) electrons. The lowest BCUT2D eigenvalue weighted by atomic mass is 9.94. The normalized spacial score (nSPS) is 16.9. The van der Waals surface area contributed by atoms with E-state index in [4.69, 9.17) is 25.8 Å². The molecule has 200 valence electrons. The molecule has 1 aliphatic heterocycles. The number of amides is 1. The molecule has 0 aliphatic carbocycles. The van der Waals surface area contributed by atoms with E-state index >= 15 is 0 Å². The summed E-state index contributed by atoms with van der Waals surface area (Å²) in [6, 6.07) is 9.08. The summed E-state index contributed by atoms with van der Waals surface area (Å²) in [5.41, 5.74) is 0.823. The van der Waals surface area contributed by atoms with Gasteiger partial charge in [0.1, 0.15) is 23.0 Å². The number of likely N-dealkylation sites (tertiary alicyclic amines) is 1. The number of Topliss-reactive ketones (excluding diaryl/α,β-unsaturated/α-hetero) is 1. The van der Waals surface area contributed by atoms with E-state index in [2.05, 4.69) is 18.7 Å². The highest BCUT2D eigenvalue weighted by Gasteiger charge is 2.47. The first-order valence-electron chi connectivity index (χ1n) is 12.5. The van der Waals surface area contributed by atoms with E-state index in [1.807, 2.05) is 6.92 Å². The number of benzene rings is 2. The lowest BCUT2D eigenvalue weighted by Gasteiger charge is -2.28.